The smallest absolute Gasteiger partial charge is 0.243 e. The molecular formula is C29H33N5O5S. The van der Waals surface area contributed by atoms with E-state index < -0.39 is 10.0 Å². The second-order valence-corrected chi connectivity index (χ2v) is 11.4. The van der Waals surface area contributed by atoms with Gasteiger partial charge < -0.3 is 20.1 Å². The van der Waals surface area contributed by atoms with Crippen molar-refractivity contribution in [3.63, 3.8) is 0 Å². The molecule has 4 rings (SSSR count). The van der Waals surface area contributed by atoms with Gasteiger partial charge in [-0.1, -0.05) is 12.1 Å². The number of hydrogen-bond donors (Lipinski definition) is 2. The molecule has 0 aliphatic carbocycles. The topological polar surface area (TPSA) is 124 Å². The molecule has 0 unspecified atom stereocenters. The molecule has 1 aromatic heterocycles. The second kappa shape index (κ2) is 13.4. The van der Waals surface area contributed by atoms with Crippen molar-refractivity contribution in [2.45, 2.75) is 4.90 Å². The van der Waals surface area contributed by atoms with E-state index in [1.54, 1.807) is 67.0 Å². The molecule has 210 valence electrons. The quantitative estimate of drug-likeness (QED) is 0.173. The van der Waals surface area contributed by atoms with Crippen LogP contribution in [0.25, 0.3) is 21.9 Å². The third kappa shape index (κ3) is 7.39. The average Bonchev–Trinajstić information content (AvgIpc) is 2.95. The van der Waals surface area contributed by atoms with Crippen molar-refractivity contribution in [3.8, 4) is 22.6 Å². The average molecular weight is 564 g/mol. The summed E-state index contributed by atoms with van der Waals surface area (Å²) in [6.07, 6.45) is 3.24. The number of phenolic OH excluding ortho intramolecular Hbond substituents is 1. The highest BCUT2D eigenvalue weighted by atomic mass is 32.2. The number of sulfonamides is 1. The summed E-state index contributed by atoms with van der Waals surface area (Å²) in [6, 6.07) is 18.5. The van der Waals surface area contributed by atoms with E-state index in [1.165, 1.54) is 4.31 Å². The van der Waals surface area contributed by atoms with E-state index in [0.717, 1.165) is 0 Å². The molecule has 2 N–H and O–H groups in total. The van der Waals surface area contributed by atoms with Crippen molar-refractivity contribution in [1.82, 2.24) is 19.5 Å². The van der Waals surface area contributed by atoms with Gasteiger partial charge >= 0.3 is 0 Å². The van der Waals surface area contributed by atoms with Gasteiger partial charge in [-0.05, 0) is 85.0 Å². The summed E-state index contributed by atoms with van der Waals surface area (Å²) in [4.78, 5) is 16.9. The highest BCUT2D eigenvalue weighted by molar-refractivity contribution is 7.89. The second-order valence-electron chi connectivity index (χ2n) is 9.51. The zero-order valence-electron chi connectivity index (χ0n) is 22.5. The number of likely N-dealkylation sites (N-methyl/N-ethyl adjacent to an activating group) is 1. The van der Waals surface area contributed by atoms with Crippen molar-refractivity contribution < 1.29 is 18.3 Å². The van der Waals surface area contributed by atoms with Gasteiger partial charge in [0.05, 0.1) is 4.90 Å². The van der Waals surface area contributed by atoms with Crippen LogP contribution in [-0.2, 0) is 10.0 Å². The van der Waals surface area contributed by atoms with E-state index in [0.29, 0.717) is 66.1 Å². The number of pyridine rings is 1. The highest BCUT2D eigenvalue weighted by Crippen LogP contribution is 2.33. The lowest BCUT2D eigenvalue weighted by atomic mass is 10.0. The number of ether oxygens (including phenoxy) is 1. The van der Waals surface area contributed by atoms with E-state index in [-0.39, 0.29) is 17.2 Å². The molecule has 0 spiro atoms. The van der Waals surface area contributed by atoms with Crippen molar-refractivity contribution in [2.24, 2.45) is 5.18 Å². The minimum absolute atomic E-state index is 0.103. The molecule has 0 amide bonds. The third-order valence-corrected chi connectivity index (χ3v) is 8.28. The Balaban J connectivity index is 1.51. The molecule has 0 aliphatic heterocycles. The van der Waals surface area contributed by atoms with Crippen molar-refractivity contribution in [1.29, 1.82) is 0 Å². The van der Waals surface area contributed by atoms with Crippen LogP contribution in [0.1, 0.15) is 0 Å². The molecule has 3 aromatic carbocycles. The molecular weight excluding hydrogens is 530 g/mol. The van der Waals surface area contributed by atoms with Crippen LogP contribution in [-0.4, -0.2) is 81.1 Å². The van der Waals surface area contributed by atoms with Gasteiger partial charge in [-0.3, -0.25) is 4.98 Å². The molecule has 0 fully saturated rings. The Bertz CT molecular complexity index is 1540. The maximum Gasteiger partial charge on any atom is 0.243 e. The lowest BCUT2D eigenvalue weighted by Gasteiger charge is -2.25. The first kappa shape index (κ1) is 29.1. The molecule has 10 nitrogen and oxygen atoms in total. The predicted molar refractivity (Wildman–Crippen MR) is 156 cm³/mol. The monoisotopic (exact) mass is 563 g/mol. The molecule has 0 atom stereocenters. The number of nitrogens with zero attached hydrogens (tertiary/aromatic N) is 4. The van der Waals surface area contributed by atoms with Gasteiger partial charge in [0, 0.05) is 55.9 Å². The maximum absolute atomic E-state index is 14.1. The number of rotatable bonds is 14. The minimum atomic E-state index is -3.90. The van der Waals surface area contributed by atoms with Crippen LogP contribution in [0.3, 0.4) is 0 Å². The molecule has 0 saturated carbocycles. The van der Waals surface area contributed by atoms with E-state index in [9.17, 15) is 18.4 Å². The summed E-state index contributed by atoms with van der Waals surface area (Å²) in [6.45, 7) is 2.45. The molecule has 0 aliphatic rings. The van der Waals surface area contributed by atoms with Crippen LogP contribution >= 0.6 is 0 Å². The fourth-order valence-corrected chi connectivity index (χ4v) is 5.89. The SMILES string of the molecule is CN(C)CCN(CCNCCOc1ccc(N=O)cc1)S(=O)(=O)c1cc(-c2cccc(O)c2)cc2cnccc12. The van der Waals surface area contributed by atoms with E-state index >= 15 is 0 Å². The lowest BCUT2D eigenvalue weighted by Crippen LogP contribution is -2.41. The Labute approximate surface area is 234 Å². The Morgan fingerprint density at radius 2 is 1.75 bits per heavy atom. The van der Waals surface area contributed by atoms with Gasteiger partial charge in [0.2, 0.25) is 10.0 Å². The third-order valence-electron chi connectivity index (χ3n) is 6.34. The molecule has 0 radical (unpaired) electrons. The van der Waals surface area contributed by atoms with Crippen molar-refractivity contribution >= 4 is 26.5 Å². The van der Waals surface area contributed by atoms with Crippen LogP contribution in [0.2, 0.25) is 0 Å². The summed E-state index contributed by atoms with van der Waals surface area (Å²) in [5, 5.41) is 17.4. The maximum atomic E-state index is 14.1. The van der Waals surface area contributed by atoms with Crippen LogP contribution in [0.4, 0.5) is 5.69 Å². The Morgan fingerprint density at radius 1 is 0.950 bits per heavy atom. The molecule has 1 heterocycles. The van der Waals surface area contributed by atoms with Crippen molar-refractivity contribution in [3.05, 3.63) is 84.0 Å². The standard InChI is InChI=1S/C29H33N5O5S/c1-33(2)15-16-34(14-12-30-13-17-39-27-8-6-25(32-36)7-9-27)40(37,38)29-20-23(22-4-3-5-26(35)19-22)18-24-21-31-11-10-28(24)29/h3-11,18-21,30,35H,12-17H2,1-2H3. The summed E-state index contributed by atoms with van der Waals surface area (Å²) in [7, 11) is -0.0868. The molecule has 4 aromatic rings. The van der Waals surface area contributed by atoms with Gasteiger partial charge in [0.15, 0.2) is 0 Å². The largest absolute Gasteiger partial charge is 0.508 e. The fraction of sp³-hybridized carbons (Fsp3) is 0.276. The van der Waals surface area contributed by atoms with Gasteiger partial charge in [-0.25, -0.2) is 8.42 Å². The number of hydrogen-bond acceptors (Lipinski definition) is 9. The van der Waals surface area contributed by atoms with E-state index in [1.807, 2.05) is 31.1 Å². The summed E-state index contributed by atoms with van der Waals surface area (Å²) in [5.74, 6) is 0.725. The van der Waals surface area contributed by atoms with Gasteiger partial charge in [-0.2, -0.15) is 4.31 Å². The number of aromatic hydroxyl groups is 1. The lowest BCUT2D eigenvalue weighted by molar-refractivity contribution is 0.304. The first-order valence-electron chi connectivity index (χ1n) is 12.9. The number of benzene rings is 3. The van der Waals surface area contributed by atoms with Gasteiger partial charge in [-0.15, -0.1) is 4.91 Å². The van der Waals surface area contributed by atoms with Crippen LogP contribution in [0, 0.1) is 4.91 Å². The molecule has 40 heavy (non-hydrogen) atoms. The van der Waals surface area contributed by atoms with Crippen LogP contribution in [0.15, 0.2) is 89.2 Å². The van der Waals surface area contributed by atoms with E-state index in [4.69, 9.17) is 4.74 Å². The zero-order valence-corrected chi connectivity index (χ0v) is 23.3. The van der Waals surface area contributed by atoms with Crippen LogP contribution < -0.4 is 10.1 Å². The molecule has 11 heteroatoms. The number of phenols is 1. The van der Waals surface area contributed by atoms with Gasteiger partial charge in [0.1, 0.15) is 23.8 Å². The summed E-state index contributed by atoms with van der Waals surface area (Å²) >= 11 is 0. The van der Waals surface area contributed by atoms with Gasteiger partial charge in [0.25, 0.3) is 0 Å². The summed E-state index contributed by atoms with van der Waals surface area (Å²) < 4.78 is 35.4. The van der Waals surface area contributed by atoms with E-state index in [2.05, 4.69) is 15.5 Å². The Morgan fingerprint density at radius 3 is 2.48 bits per heavy atom. The number of fused-ring (bicyclic) bond motifs is 1. The number of nitrogens with one attached hydrogen (secondary N) is 1. The first-order chi connectivity index (χ1) is 19.3. The zero-order chi connectivity index (χ0) is 28.5. The Kier molecular flexibility index (Phi) is 9.78. The number of aromatic nitrogens is 1. The summed E-state index contributed by atoms with van der Waals surface area (Å²) in [5.41, 5.74) is 1.72. The molecule has 0 saturated heterocycles. The minimum Gasteiger partial charge on any atom is -0.508 e. The predicted octanol–water partition coefficient (Wildman–Crippen LogP) is 4.23. The highest BCUT2D eigenvalue weighted by Gasteiger charge is 2.27. The fourth-order valence-electron chi connectivity index (χ4n) is 4.22. The first-order valence-corrected chi connectivity index (χ1v) is 14.3. The number of nitroso groups, excluding NO2 is 1. The van der Waals surface area contributed by atoms with Crippen molar-refractivity contribution in [2.75, 3.05) is 53.4 Å². The molecule has 0 bridgehead atoms. The normalized spacial score (nSPS) is 11.8. The Hall–Kier alpha value is -3.90. The van der Waals surface area contributed by atoms with Crippen LogP contribution in [0.5, 0.6) is 11.5 Å².